The highest BCUT2D eigenvalue weighted by Crippen LogP contribution is 2.23. The van der Waals surface area contributed by atoms with Gasteiger partial charge in [-0.05, 0) is 45.9 Å². The molecule has 3 unspecified atom stereocenters. The number of aryl methyl sites for hydroxylation is 1. The Bertz CT molecular complexity index is 402. The highest BCUT2D eigenvalue weighted by Gasteiger charge is 2.30. The molecule has 94 valence electrons. The van der Waals surface area contributed by atoms with E-state index in [2.05, 4.69) is 43.5 Å². The quantitative estimate of drug-likeness (QED) is 0.866. The van der Waals surface area contributed by atoms with Gasteiger partial charge in [0.15, 0.2) is 0 Å². The third-order valence-corrected chi connectivity index (χ3v) is 4.59. The number of carbonyl (C=O) groups excluding carboxylic acids is 1. The summed E-state index contributed by atoms with van der Waals surface area (Å²) in [5.74, 6) is 0.305. The van der Waals surface area contributed by atoms with Crippen molar-refractivity contribution >= 4 is 17.2 Å². The molecule has 1 aromatic rings. The minimum Gasteiger partial charge on any atom is -0.348 e. The molecule has 0 aliphatic carbocycles. The molecular formula is C13H20N2OS. The Hall–Kier alpha value is -0.870. The van der Waals surface area contributed by atoms with Crippen molar-refractivity contribution in [2.24, 2.45) is 5.92 Å². The van der Waals surface area contributed by atoms with Crippen LogP contribution in [-0.2, 0) is 4.79 Å². The van der Waals surface area contributed by atoms with Crippen LogP contribution in [0.5, 0.6) is 0 Å². The summed E-state index contributed by atoms with van der Waals surface area (Å²) in [5, 5.41) is 6.42. The molecule has 4 heteroatoms. The van der Waals surface area contributed by atoms with Crippen LogP contribution in [-0.4, -0.2) is 18.5 Å². The van der Waals surface area contributed by atoms with Gasteiger partial charge in [-0.15, -0.1) is 11.3 Å². The monoisotopic (exact) mass is 252 g/mol. The van der Waals surface area contributed by atoms with E-state index in [9.17, 15) is 4.79 Å². The van der Waals surface area contributed by atoms with Crippen molar-refractivity contribution in [3.63, 3.8) is 0 Å². The average molecular weight is 252 g/mol. The van der Waals surface area contributed by atoms with Crippen molar-refractivity contribution < 1.29 is 4.79 Å². The lowest BCUT2D eigenvalue weighted by molar-refractivity contribution is -0.125. The van der Waals surface area contributed by atoms with Gasteiger partial charge >= 0.3 is 0 Å². The number of rotatable bonds is 3. The van der Waals surface area contributed by atoms with E-state index in [4.69, 9.17) is 0 Å². The summed E-state index contributed by atoms with van der Waals surface area (Å²) in [7, 11) is 0. The minimum atomic E-state index is 0.119. The van der Waals surface area contributed by atoms with Crippen molar-refractivity contribution in [3.05, 3.63) is 21.9 Å². The van der Waals surface area contributed by atoms with Crippen LogP contribution in [0.3, 0.4) is 0 Å². The van der Waals surface area contributed by atoms with E-state index >= 15 is 0 Å². The van der Waals surface area contributed by atoms with E-state index in [0.29, 0.717) is 6.04 Å². The van der Waals surface area contributed by atoms with Crippen molar-refractivity contribution in [3.8, 4) is 0 Å². The zero-order valence-corrected chi connectivity index (χ0v) is 11.4. The Labute approximate surface area is 107 Å². The van der Waals surface area contributed by atoms with Crippen LogP contribution in [0.4, 0.5) is 0 Å². The molecule has 1 amide bonds. The normalized spacial score (nSPS) is 25.8. The summed E-state index contributed by atoms with van der Waals surface area (Å²) in [5.41, 5.74) is 0. The van der Waals surface area contributed by atoms with Crippen molar-refractivity contribution in [2.75, 3.05) is 6.54 Å². The van der Waals surface area contributed by atoms with Crippen LogP contribution < -0.4 is 10.6 Å². The maximum atomic E-state index is 12.1. The van der Waals surface area contributed by atoms with Gasteiger partial charge in [-0.2, -0.15) is 0 Å². The molecule has 2 rings (SSSR count). The number of nitrogens with one attached hydrogen (secondary N) is 2. The van der Waals surface area contributed by atoms with Gasteiger partial charge in [-0.1, -0.05) is 0 Å². The Morgan fingerprint density at radius 2 is 2.35 bits per heavy atom. The molecule has 17 heavy (non-hydrogen) atoms. The summed E-state index contributed by atoms with van der Waals surface area (Å²) in [6, 6.07) is 4.62. The molecule has 3 nitrogen and oxygen atoms in total. The van der Waals surface area contributed by atoms with E-state index in [1.165, 1.54) is 9.75 Å². The Kier molecular flexibility index (Phi) is 3.84. The Balaban J connectivity index is 1.94. The van der Waals surface area contributed by atoms with Crippen molar-refractivity contribution in [2.45, 2.75) is 39.3 Å². The molecule has 1 aliphatic rings. The highest BCUT2D eigenvalue weighted by molar-refractivity contribution is 7.12. The molecule has 0 bridgehead atoms. The molecule has 0 aromatic carbocycles. The Morgan fingerprint density at radius 3 is 2.88 bits per heavy atom. The fourth-order valence-corrected chi connectivity index (χ4v) is 3.17. The molecule has 2 heterocycles. The topological polar surface area (TPSA) is 41.1 Å². The maximum absolute atomic E-state index is 12.1. The second-order valence-electron chi connectivity index (χ2n) is 4.82. The predicted octanol–water partition coefficient (Wildman–Crippen LogP) is 2.23. The van der Waals surface area contributed by atoms with Gasteiger partial charge in [0.05, 0.1) is 12.0 Å². The van der Waals surface area contributed by atoms with Gasteiger partial charge in [0.1, 0.15) is 0 Å². The molecule has 1 fully saturated rings. The van der Waals surface area contributed by atoms with Gasteiger partial charge in [0.25, 0.3) is 0 Å². The molecule has 0 radical (unpaired) electrons. The second kappa shape index (κ2) is 5.19. The first kappa shape index (κ1) is 12.6. The number of hydrogen-bond acceptors (Lipinski definition) is 3. The zero-order valence-electron chi connectivity index (χ0n) is 10.6. The lowest BCUT2D eigenvalue weighted by Gasteiger charge is -2.18. The predicted molar refractivity (Wildman–Crippen MR) is 71.2 cm³/mol. The second-order valence-corrected chi connectivity index (χ2v) is 6.14. The first-order valence-electron chi connectivity index (χ1n) is 6.18. The highest BCUT2D eigenvalue weighted by atomic mass is 32.1. The largest absolute Gasteiger partial charge is 0.348 e. The van der Waals surface area contributed by atoms with Crippen molar-refractivity contribution in [1.82, 2.24) is 10.6 Å². The number of amides is 1. The molecule has 1 aromatic heterocycles. The Morgan fingerprint density at radius 1 is 1.59 bits per heavy atom. The first-order chi connectivity index (χ1) is 8.08. The molecule has 3 atom stereocenters. The van der Waals surface area contributed by atoms with E-state index < -0.39 is 0 Å². The molecule has 0 saturated carbocycles. The summed E-state index contributed by atoms with van der Waals surface area (Å²) in [4.78, 5) is 14.6. The van der Waals surface area contributed by atoms with Gasteiger partial charge in [-0.3, -0.25) is 4.79 Å². The smallest absolute Gasteiger partial charge is 0.225 e. The van der Waals surface area contributed by atoms with Crippen molar-refractivity contribution in [1.29, 1.82) is 0 Å². The SMILES string of the molecule is Cc1ccc(C(C)NC(=O)C2CCNC2C)s1. The van der Waals surface area contributed by atoms with E-state index in [1.54, 1.807) is 11.3 Å². The van der Waals surface area contributed by atoms with Gasteiger partial charge in [-0.25, -0.2) is 0 Å². The third kappa shape index (κ3) is 2.87. The van der Waals surface area contributed by atoms with Crippen LogP contribution >= 0.6 is 11.3 Å². The van der Waals surface area contributed by atoms with E-state index in [0.717, 1.165) is 13.0 Å². The fraction of sp³-hybridized carbons (Fsp3) is 0.615. The van der Waals surface area contributed by atoms with Crippen LogP contribution in [0.2, 0.25) is 0 Å². The molecule has 1 aliphatic heterocycles. The summed E-state index contributed by atoms with van der Waals surface area (Å²) in [6.07, 6.45) is 0.948. The maximum Gasteiger partial charge on any atom is 0.225 e. The summed E-state index contributed by atoms with van der Waals surface area (Å²) >= 11 is 1.75. The van der Waals surface area contributed by atoms with Gasteiger partial charge in [0.2, 0.25) is 5.91 Å². The van der Waals surface area contributed by atoms with Crippen LogP contribution in [0.25, 0.3) is 0 Å². The number of carbonyl (C=O) groups is 1. The van der Waals surface area contributed by atoms with Crippen LogP contribution in [0.1, 0.15) is 36.1 Å². The summed E-state index contributed by atoms with van der Waals surface area (Å²) in [6.45, 7) is 7.17. The molecular weight excluding hydrogens is 232 g/mol. The van der Waals surface area contributed by atoms with Gasteiger partial charge in [0, 0.05) is 15.8 Å². The van der Waals surface area contributed by atoms with Gasteiger partial charge < -0.3 is 10.6 Å². The molecule has 1 saturated heterocycles. The number of thiophene rings is 1. The minimum absolute atomic E-state index is 0.119. The lowest BCUT2D eigenvalue weighted by atomic mass is 10.0. The molecule has 0 spiro atoms. The van der Waals surface area contributed by atoms with Crippen LogP contribution in [0.15, 0.2) is 12.1 Å². The van der Waals surface area contributed by atoms with Crippen LogP contribution in [0, 0.1) is 12.8 Å². The average Bonchev–Trinajstić information content (AvgIpc) is 2.86. The standard InChI is InChI=1S/C13H20N2OS/c1-8-4-5-12(17-8)10(3)15-13(16)11-6-7-14-9(11)2/h4-5,9-11,14H,6-7H2,1-3H3,(H,15,16). The van der Waals surface area contributed by atoms with E-state index in [-0.39, 0.29) is 17.9 Å². The lowest BCUT2D eigenvalue weighted by Crippen LogP contribution is -2.37. The molecule has 2 N–H and O–H groups in total. The third-order valence-electron chi connectivity index (χ3n) is 3.41. The van der Waals surface area contributed by atoms with E-state index in [1.807, 2.05) is 0 Å². The zero-order chi connectivity index (χ0) is 12.4. The number of hydrogen-bond donors (Lipinski definition) is 2. The summed E-state index contributed by atoms with van der Waals surface area (Å²) < 4.78 is 0. The fourth-order valence-electron chi connectivity index (χ4n) is 2.29. The first-order valence-corrected chi connectivity index (χ1v) is 6.99.